The highest BCUT2D eigenvalue weighted by Crippen LogP contribution is 2.29. The highest BCUT2D eigenvalue weighted by molar-refractivity contribution is 7.99. The minimum atomic E-state index is -3.07. The first kappa shape index (κ1) is 24.5. The molecule has 0 aliphatic carbocycles. The second-order valence-electron chi connectivity index (χ2n) is 8.63. The monoisotopic (exact) mass is 498 g/mol. The molecule has 0 radical (unpaired) electrons. The summed E-state index contributed by atoms with van der Waals surface area (Å²) in [5.41, 5.74) is 3.02. The average Bonchev–Trinajstić information content (AvgIpc) is 3.42. The molecule has 1 fully saturated rings. The van der Waals surface area contributed by atoms with Crippen molar-refractivity contribution < 1.29 is 13.2 Å². The van der Waals surface area contributed by atoms with E-state index in [-0.39, 0.29) is 29.2 Å². The number of carbonyl (C=O) groups is 1. The lowest BCUT2D eigenvalue weighted by Crippen LogP contribution is -2.42. The Balaban J connectivity index is 1.58. The van der Waals surface area contributed by atoms with Crippen LogP contribution >= 0.6 is 11.8 Å². The van der Waals surface area contributed by atoms with Crippen LogP contribution in [-0.2, 0) is 14.6 Å². The third-order valence-electron chi connectivity index (χ3n) is 6.00. The molecule has 1 aromatic heterocycles. The maximum Gasteiger partial charge on any atom is 0.233 e. The molecule has 34 heavy (non-hydrogen) atoms. The summed E-state index contributed by atoms with van der Waals surface area (Å²) in [6, 6.07) is 17.7. The summed E-state index contributed by atoms with van der Waals surface area (Å²) in [7, 11) is -3.07. The molecular formula is C25H30N4O3S2. The van der Waals surface area contributed by atoms with E-state index < -0.39 is 9.84 Å². The van der Waals surface area contributed by atoms with Gasteiger partial charge in [0.1, 0.15) is 0 Å². The number of amides is 1. The number of benzene rings is 2. The predicted octanol–water partition coefficient (Wildman–Crippen LogP) is 4.15. The fraction of sp³-hybridized carbons (Fsp3) is 0.400. The van der Waals surface area contributed by atoms with Gasteiger partial charge in [-0.05, 0) is 31.9 Å². The number of sulfone groups is 1. The van der Waals surface area contributed by atoms with Gasteiger partial charge in [-0.1, -0.05) is 73.1 Å². The van der Waals surface area contributed by atoms with Crippen LogP contribution in [-0.4, -0.2) is 63.8 Å². The summed E-state index contributed by atoms with van der Waals surface area (Å²) in [5, 5.41) is 9.49. The number of rotatable bonds is 9. The van der Waals surface area contributed by atoms with Crippen LogP contribution in [0, 0.1) is 6.92 Å². The summed E-state index contributed by atoms with van der Waals surface area (Å²) in [5.74, 6) is 1.05. The van der Waals surface area contributed by atoms with E-state index in [4.69, 9.17) is 0 Å². The van der Waals surface area contributed by atoms with Gasteiger partial charge in [0.15, 0.2) is 20.8 Å². The van der Waals surface area contributed by atoms with Gasteiger partial charge in [0.05, 0.1) is 17.3 Å². The second kappa shape index (κ2) is 10.7. The van der Waals surface area contributed by atoms with Crippen LogP contribution in [0.5, 0.6) is 0 Å². The van der Waals surface area contributed by atoms with Crippen molar-refractivity contribution in [2.45, 2.75) is 44.3 Å². The molecule has 180 valence electrons. The van der Waals surface area contributed by atoms with Crippen LogP contribution < -0.4 is 0 Å². The van der Waals surface area contributed by atoms with Crippen LogP contribution in [0.15, 0.2) is 59.8 Å². The number of hydrogen-bond donors (Lipinski definition) is 0. The van der Waals surface area contributed by atoms with Gasteiger partial charge in [-0.2, -0.15) is 0 Å². The summed E-state index contributed by atoms with van der Waals surface area (Å²) < 4.78 is 26.0. The Labute approximate surface area is 205 Å². The van der Waals surface area contributed by atoms with E-state index in [0.717, 1.165) is 29.7 Å². The van der Waals surface area contributed by atoms with E-state index in [2.05, 4.69) is 17.1 Å². The minimum absolute atomic E-state index is 0.0553. The molecule has 4 rings (SSSR count). The van der Waals surface area contributed by atoms with Crippen LogP contribution in [0.4, 0.5) is 0 Å². The quantitative estimate of drug-likeness (QED) is 0.412. The molecule has 1 amide bonds. The van der Waals surface area contributed by atoms with Gasteiger partial charge in [-0.3, -0.25) is 9.36 Å². The normalized spacial score (nSPS) is 17.1. The molecule has 1 unspecified atom stereocenters. The third kappa shape index (κ3) is 5.70. The van der Waals surface area contributed by atoms with Gasteiger partial charge >= 0.3 is 0 Å². The van der Waals surface area contributed by atoms with Gasteiger partial charge in [0.2, 0.25) is 5.91 Å². The first-order valence-electron chi connectivity index (χ1n) is 11.6. The largest absolute Gasteiger partial charge is 0.338 e. The Morgan fingerprint density at radius 2 is 1.85 bits per heavy atom. The van der Waals surface area contributed by atoms with Gasteiger partial charge in [-0.15, -0.1) is 10.2 Å². The van der Waals surface area contributed by atoms with Crippen LogP contribution in [0.2, 0.25) is 0 Å². The number of aryl methyl sites for hydroxylation is 1. The smallest absolute Gasteiger partial charge is 0.233 e. The Morgan fingerprint density at radius 3 is 2.50 bits per heavy atom. The average molecular weight is 499 g/mol. The van der Waals surface area contributed by atoms with E-state index >= 15 is 0 Å². The van der Waals surface area contributed by atoms with Crippen molar-refractivity contribution >= 4 is 27.5 Å². The van der Waals surface area contributed by atoms with Gasteiger partial charge in [-0.25, -0.2) is 8.42 Å². The Morgan fingerprint density at radius 1 is 1.12 bits per heavy atom. The van der Waals surface area contributed by atoms with Gasteiger partial charge in [0.25, 0.3) is 0 Å². The van der Waals surface area contributed by atoms with Gasteiger partial charge in [0, 0.05) is 23.8 Å². The predicted molar refractivity (Wildman–Crippen MR) is 136 cm³/mol. The number of carbonyl (C=O) groups excluding carboxylic acids is 1. The fourth-order valence-corrected chi connectivity index (χ4v) is 6.70. The number of hydrogen-bond acceptors (Lipinski definition) is 6. The molecule has 3 aromatic rings. The molecule has 1 aliphatic rings. The van der Waals surface area contributed by atoms with Crippen LogP contribution in [0.1, 0.15) is 31.7 Å². The van der Waals surface area contributed by atoms with E-state index in [9.17, 15) is 13.2 Å². The topological polar surface area (TPSA) is 85.2 Å². The van der Waals surface area contributed by atoms with Crippen LogP contribution in [0.25, 0.3) is 17.1 Å². The molecule has 9 heteroatoms. The second-order valence-corrected chi connectivity index (χ2v) is 11.8. The maximum absolute atomic E-state index is 13.2. The zero-order valence-electron chi connectivity index (χ0n) is 19.6. The van der Waals surface area contributed by atoms with Crippen molar-refractivity contribution in [2.24, 2.45) is 0 Å². The highest BCUT2D eigenvalue weighted by Gasteiger charge is 2.34. The maximum atomic E-state index is 13.2. The minimum Gasteiger partial charge on any atom is -0.338 e. The van der Waals surface area contributed by atoms with Gasteiger partial charge < -0.3 is 4.90 Å². The molecule has 1 atom stereocenters. The Kier molecular flexibility index (Phi) is 7.73. The Bertz CT molecular complexity index is 1220. The summed E-state index contributed by atoms with van der Waals surface area (Å²) in [4.78, 5) is 15.0. The summed E-state index contributed by atoms with van der Waals surface area (Å²) >= 11 is 1.34. The molecule has 2 aromatic carbocycles. The molecule has 0 N–H and O–H groups in total. The van der Waals surface area contributed by atoms with Crippen molar-refractivity contribution in [3.63, 3.8) is 0 Å². The lowest BCUT2D eigenvalue weighted by atomic mass is 10.2. The number of thioether (sulfide) groups is 1. The van der Waals surface area contributed by atoms with Crippen molar-refractivity contribution in [3.05, 3.63) is 60.2 Å². The molecule has 7 nitrogen and oxygen atoms in total. The van der Waals surface area contributed by atoms with E-state index in [1.165, 1.54) is 11.8 Å². The van der Waals surface area contributed by atoms with Crippen molar-refractivity contribution in [1.29, 1.82) is 0 Å². The number of aromatic nitrogens is 3. The van der Waals surface area contributed by atoms with E-state index in [1.807, 2.05) is 66.1 Å². The third-order valence-corrected chi connectivity index (χ3v) is 8.67. The standard InChI is InChI=1S/C25H30N4O3S2/c1-3-4-15-28(22-14-16-34(31,32)18-22)23(30)17-33-25-27-26-24(20-8-6-5-7-9-20)29(25)21-12-10-19(2)11-13-21/h5-13,22H,3-4,14-18H2,1-2H3. The molecule has 2 heterocycles. The molecule has 1 aliphatic heterocycles. The lowest BCUT2D eigenvalue weighted by Gasteiger charge is -2.28. The number of unbranched alkanes of at least 4 members (excludes halogenated alkanes) is 1. The molecule has 0 bridgehead atoms. The van der Waals surface area contributed by atoms with E-state index in [1.54, 1.807) is 4.90 Å². The molecular weight excluding hydrogens is 468 g/mol. The SMILES string of the molecule is CCCCN(C(=O)CSc1nnc(-c2ccccc2)n1-c1ccc(C)cc1)C1CCS(=O)(=O)C1. The lowest BCUT2D eigenvalue weighted by molar-refractivity contribution is -0.130. The van der Waals surface area contributed by atoms with E-state index in [0.29, 0.717) is 23.9 Å². The van der Waals surface area contributed by atoms with Crippen molar-refractivity contribution in [3.8, 4) is 17.1 Å². The molecule has 0 spiro atoms. The number of nitrogens with zero attached hydrogens (tertiary/aromatic N) is 4. The van der Waals surface area contributed by atoms with Crippen LogP contribution in [0.3, 0.4) is 0 Å². The summed E-state index contributed by atoms with van der Waals surface area (Å²) in [6.45, 7) is 4.68. The molecule has 1 saturated heterocycles. The summed E-state index contributed by atoms with van der Waals surface area (Å²) in [6.07, 6.45) is 2.31. The van der Waals surface area contributed by atoms with Crippen molar-refractivity contribution in [1.82, 2.24) is 19.7 Å². The first-order valence-corrected chi connectivity index (χ1v) is 14.4. The fourth-order valence-electron chi connectivity index (χ4n) is 4.13. The van der Waals surface area contributed by atoms with Crippen molar-refractivity contribution in [2.75, 3.05) is 23.8 Å². The molecule has 0 saturated carbocycles. The first-order chi connectivity index (χ1) is 16.4. The zero-order chi connectivity index (χ0) is 24.1. The highest BCUT2D eigenvalue weighted by atomic mass is 32.2. The Hall–Kier alpha value is -2.65. The zero-order valence-corrected chi connectivity index (χ0v) is 21.2.